The molecule has 0 bridgehead atoms. The third-order valence-electron chi connectivity index (χ3n) is 3.87. The first-order valence-corrected chi connectivity index (χ1v) is 8.71. The van der Waals surface area contributed by atoms with E-state index >= 15 is 0 Å². The largest absolute Gasteiger partial charge is 0.465 e. The molecular weight excluding hydrogens is 318 g/mol. The molecule has 0 fully saturated rings. The topological polar surface area (TPSA) is 73.2 Å². The van der Waals surface area contributed by atoms with Gasteiger partial charge in [0.05, 0.1) is 17.6 Å². The van der Waals surface area contributed by atoms with Crippen LogP contribution in [0.3, 0.4) is 0 Å². The molecule has 1 N–H and O–H groups in total. The van der Waals surface area contributed by atoms with Crippen LogP contribution >= 0.6 is 0 Å². The molecule has 2 aromatic rings. The SMILES string of the molecule is CCOC(=O)Cn1c(CCCNC(=O)C(C)(C)C)nc2ccccc21. The summed E-state index contributed by atoms with van der Waals surface area (Å²) >= 11 is 0. The number of hydrogen-bond donors (Lipinski definition) is 1. The van der Waals surface area contributed by atoms with Crippen molar-refractivity contribution in [2.24, 2.45) is 5.41 Å². The summed E-state index contributed by atoms with van der Waals surface area (Å²) in [5.41, 5.74) is 1.39. The maximum Gasteiger partial charge on any atom is 0.326 e. The molecular formula is C19H27N3O3. The smallest absolute Gasteiger partial charge is 0.326 e. The number of rotatable bonds is 7. The molecule has 6 heteroatoms. The normalized spacial score (nSPS) is 11.5. The molecule has 1 aromatic carbocycles. The Morgan fingerprint density at radius 2 is 1.96 bits per heavy atom. The van der Waals surface area contributed by atoms with Crippen LogP contribution in [0.1, 0.15) is 39.9 Å². The number of aryl methyl sites for hydroxylation is 1. The number of nitrogens with zero attached hydrogens (tertiary/aromatic N) is 2. The van der Waals surface area contributed by atoms with Gasteiger partial charge in [-0.15, -0.1) is 0 Å². The van der Waals surface area contributed by atoms with E-state index in [0.29, 0.717) is 19.6 Å². The Morgan fingerprint density at radius 3 is 2.64 bits per heavy atom. The Hall–Kier alpha value is -2.37. The average molecular weight is 345 g/mol. The van der Waals surface area contributed by atoms with E-state index in [1.165, 1.54) is 0 Å². The van der Waals surface area contributed by atoms with Crippen LogP contribution in [0.15, 0.2) is 24.3 Å². The molecule has 136 valence electrons. The van der Waals surface area contributed by atoms with Crippen molar-refractivity contribution in [1.29, 1.82) is 0 Å². The van der Waals surface area contributed by atoms with Crippen molar-refractivity contribution in [1.82, 2.24) is 14.9 Å². The fourth-order valence-electron chi connectivity index (χ4n) is 2.54. The zero-order valence-electron chi connectivity index (χ0n) is 15.5. The Bertz CT molecular complexity index is 744. The summed E-state index contributed by atoms with van der Waals surface area (Å²) in [4.78, 5) is 28.4. The molecule has 0 aliphatic carbocycles. The number of amides is 1. The number of carbonyl (C=O) groups is 2. The summed E-state index contributed by atoms with van der Waals surface area (Å²) in [7, 11) is 0. The van der Waals surface area contributed by atoms with Gasteiger partial charge in [-0.2, -0.15) is 0 Å². The fraction of sp³-hybridized carbons (Fsp3) is 0.526. The maximum absolute atomic E-state index is 11.9. The molecule has 0 aliphatic heterocycles. The zero-order chi connectivity index (χ0) is 18.4. The van der Waals surface area contributed by atoms with E-state index in [1.54, 1.807) is 6.92 Å². The number of fused-ring (bicyclic) bond motifs is 1. The Labute approximate surface area is 148 Å². The summed E-state index contributed by atoms with van der Waals surface area (Å²) in [6.07, 6.45) is 1.44. The van der Waals surface area contributed by atoms with E-state index in [9.17, 15) is 9.59 Å². The first-order chi connectivity index (χ1) is 11.8. The second-order valence-corrected chi connectivity index (χ2v) is 7.02. The van der Waals surface area contributed by atoms with Crippen LogP contribution in [0.2, 0.25) is 0 Å². The highest BCUT2D eigenvalue weighted by Gasteiger charge is 2.20. The van der Waals surface area contributed by atoms with Gasteiger partial charge in [0, 0.05) is 18.4 Å². The molecule has 1 amide bonds. The van der Waals surface area contributed by atoms with Crippen LogP contribution in [0, 0.1) is 5.41 Å². The maximum atomic E-state index is 11.9. The minimum Gasteiger partial charge on any atom is -0.465 e. The third kappa shape index (κ3) is 5.05. The van der Waals surface area contributed by atoms with Gasteiger partial charge in [0.2, 0.25) is 5.91 Å². The number of carbonyl (C=O) groups excluding carboxylic acids is 2. The minimum atomic E-state index is -0.392. The molecule has 6 nitrogen and oxygen atoms in total. The quantitative estimate of drug-likeness (QED) is 0.618. The van der Waals surface area contributed by atoms with Crippen LogP contribution in [0.5, 0.6) is 0 Å². The second kappa shape index (κ2) is 8.14. The van der Waals surface area contributed by atoms with Crippen molar-refractivity contribution in [3.63, 3.8) is 0 Å². The summed E-state index contributed by atoms with van der Waals surface area (Å²) < 4.78 is 6.97. The van der Waals surface area contributed by atoms with E-state index in [2.05, 4.69) is 10.3 Å². The lowest BCUT2D eigenvalue weighted by Crippen LogP contribution is -2.35. The molecule has 0 saturated heterocycles. The first-order valence-electron chi connectivity index (χ1n) is 8.71. The van der Waals surface area contributed by atoms with Gasteiger partial charge in [0.25, 0.3) is 0 Å². The highest BCUT2D eigenvalue weighted by Crippen LogP contribution is 2.17. The fourth-order valence-corrected chi connectivity index (χ4v) is 2.54. The Morgan fingerprint density at radius 1 is 1.24 bits per heavy atom. The third-order valence-corrected chi connectivity index (χ3v) is 3.87. The molecule has 0 radical (unpaired) electrons. The molecule has 1 aromatic heterocycles. The highest BCUT2D eigenvalue weighted by atomic mass is 16.5. The molecule has 0 saturated carbocycles. The molecule has 0 aliphatic rings. The molecule has 0 atom stereocenters. The Kier molecular flexibility index (Phi) is 6.17. The van der Waals surface area contributed by atoms with E-state index in [1.807, 2.05) is 49.6 Å². The second-order valence-electron chi connectivity index (χ2n) is 7.02. The van der Waals surface area contributed by atoms with Gasteiger partial charge in [-0.3, -0.25) is 9.59 Å². The predicted octanol–water partition coefficient (Wildman–Crippen LogP) is 2.69. The Balaban J connectivity index is 2.06. The van der Waals surface area contributed by atoms with Gasteiger partial charge in [-0.1, -0.05) is 32.9 Å². The van der Waals surface area contributed by atoms with Crippen LogP contribution in [-0.2, 0) is 27.3 Å². The number of nitrogens with one attached hydrogen (secondary N) is 1. The van der Waals surface area contributed by atoms with Crippen molar-refractivity contribution < 1.29 is 14.3 Å². The molecule has 0 unspecified atom stereocenters. The lowest BCUT2D eigenvalue weighted by atomic mass is 9.96. The number of benzene rings is 1. The molecule has 25 heavy (non-hydrogen) atoms. The van der Waals surface area contributed by atoms with Gasteiger partial charge < -0.3 is 14.6 Å². The predicted molar refractivity (Wildman–Crippen MR) is 97.2 cm³/mol. The van der Waals surface area contributed by atoms with Crippen molar-refractivity contribution in [2.45, 2.75) is 47.1 Å². The highest BCUT2D eigenvalue weighted by molar-refractivity contribution is 5.81. The summed E-state index contributed by atoms with van der Waals surface area (Å²) in [6.45, 7) is 8.56. The lowest BCUT2D eigenvalue weighted by Gasteiger charge is -2.17. The van der Waals surface area contributed by atoms with Crippen LogP contribution < -0.4 is 5.32 Å². The van der Waals surface area contributed by atoms with Gasteiger partial charge in [0.15, 0.2) is 0 Å². The van der Waals surface area contributed by atoms with Gasteiger partial charge in [-0.25, -0.2) is 4.98 Å². The first kappa shape index (κ1) is 19.0. The van der Waals surface area contributed by atoms with E-state index < -0.39 is 5.41 Å². The van der Waals surface area contributed by atoms with Crippen molar-refractivity contribution >= 4 is 22.9 Å². The molecule has 1 heterocycles. The number of para-hydroxylation sites is 2. The van der Waals surface area contributed by atoms with Crippen molar-refractivity contribution in [3.05, 3.63) is 30.1 Å². The lowest BCUT2D eigenvalue weighted by molar-refractivity contribution is -0.143. The summed E-state index contributed by atoms with van der Waals surface area (Å²) in [5, 5.41) is 2.94. The number of esters is 1. The van der Waals surface area contributed by atoms with Crippen LogP contribution in [0.4, 0.5) is 0 Å². The minimum absolute atomic E-state index is 0.0347. The van der Waals surface area contributed by atoms with E-state index in [0.717, 1.165) is 23.3 Å². The standard InChI is InChI=1S/C19H27N3O3/c1-5-25-17(23)13-22-15-10-7-6-9-14(15)21-16(22)11-8-12-20-18(24)19(2,3)4/h6-7,9-10H,5,8,11-13H2,1-4H3,(H,20,24). The molecule has 0 spiro atoms. The number of imidazole rings is 1. The summed E-state index contributed by atoms with van der Waals surface area (Å²) in [5.74, 6) is 0.597. The molecule has 2 rings (SSSR count). The number of ether oxygens (including phenoxy) is 1. The van der Waals surface area contributed by atoms with Gasteiger partial charge in [-0.05, 0) is 25.5 Å². The number of aromatic nitrogens is 2. The van der Waals surface area contributed by atoms with Crippen LogP contribution in [0.25, 0.3) is 11.0 Å². The monoisotopic (exact) mass is 345 g/mol. The van der Waals surface area contributed by atoms with Crippen molar-refractivity contribution in [2.75, 3.05) is 13.2 Å². The zero-order valence-corrected chi connectivity index (χ0v) is 15.5. The van der Waals surface area contributed by atoms with E-state index in [4.69, 9.17) is 4.74 Å². The van der Waals surface area contributed by atoms with Crippen molar-refractivity contribution in [3.8, 4) is 0 Å². The number of hydrogen-bond acceptors (Lipinski definition) is 4. The van der Waals surface area contributed by atoms with E-state index in [-0.39, 0.29) is 18.4 Å². The summed E-state index contributed by atoms with van der Waals surface area (Å²) in [6, 6.07) is 7.74. The average Bonchev–Trinajstić information content (AvgIpc) is 2.88. The van der Waals surface area contributed by atoms with Gasteiger partial charge in [0.1, 0.15) is 12.4 Å². The van der Waals surface area contributed by atoms with Crippen LogP contribution in [-0.4, -0.2) is 34.6 Å². The van der Waals surface area contributed by atoms with Gasteiger partial charge >= 0.3 is 5.97 Å².